The molecule has 4 rings (SSSR count). The zero-order valence-electron chi connectivity index (χ0n) is 16.0. The number of hydrogen-bond donors (Lipinski definition) is 1. The van der Waals surface area contributed by atoms with E-state index >= 15 is 0 Å². The van der Waals surface area contributed by atoms with Gasteiger partial charge >= 0.3 is 6.03 Å². The first-order valence-electron chi connectivity index (χ1n) is 9.19. The topological polar surface area (TPSA) is 82.6 Å². The fourth-order valence-corrected chi connectivity index (χ4v) is 4.21. The van der Waals surface area contributed by atoms with Crippen LogP contribution in [0.15, 0.2) is 67.8 Å². The normalized spacial score (nSPS) is 12.7. The summed E-state index contributed by atoms with van der Waals surface area (Å²) in [6, 6.07) is 11.7. The Kier molecular flexibility index (Phi) is 5.16. The third kappa shape index (κ3) is 3.37. The molecule has 30 heavy (non-hydrogen) atoms. The van der Waals surface area contributed by atoms with Crippen molar-refractivity contribution in [2.75, 3.05) is 23.3 Å². The van der Waals surface area contributed by atoms with Gasteiger partial charge in [-0.05, 0) is 30.3 Å². The lowest BCUT2D eigenvalue weighted by Gasteiger charge is -2.19. The van der Waals surface area contributed by atoms with Crippen LogP contribution < -0.4 is 10.2 Å². The zero-order chi connectivity index (χ0) is 21.3. The van der Waals surface area contributed by atoms with Crippen LogP contribution >= 0.6 is 11.3 Å². The van der Waals surface area contributed by atoms with Crippen molar-refractivity contribution in [2.24, 2.45) is 0 Å². The lowest BCUT2D eigenvalue weighted by atomic mass is 10.1. The fourth-order valence-electron chi connectivity index (χ4n) is 3.20. The molecule has 1 aliphatic rings. The number of aromatic nitrogens is 1. The molecule has 4 amide bonds. The Morgan fingerprint density at radius 1 is 1.07 bits per heavy atom. The van der Waals surface area contributed by atoms with E-state index in [1.807, 2.05) is 0 Å². The number of urea groups is 1. The van der Waals surface area contributed by atoms with Gasteiger partial charge in [0.1, 0.15) is 0 Å². The lowest BCUT2D eigenvalue weighted by Crippen LogP contribution is -2.35. The van der Waals surface area contributed by atoms with Crippen LogP contribution in [0.3, 0.4) is 0 Å². The molecule has 8 heteroatoms. The quantitative estimate of drug-likeness (QED) is 0.478. The van der Waals surface area contributed by atoms with Gasteiger partial charge in [0.15, 0.2) is 0 Å². The van der Waals surface area contributed by atoms with Gasteiger partial charge in [0.2, 0.25) is 5.13 Å². The second-order valence-electron chi connectivity index (χ2n) is 6.58. The molecule has 7 nitrogen and oxygen atoms in total. The van der Waals surface area contributed by atoms with E-state index in [0.29, 0.717) is 40.6 Å². The Bertz CT molecular complexity index is 1160. The van der Waals surface area contributed by atoms with E-state index in [1.165, 1.54) is 11.3 Å². The van der Waals surface area contributed by atoms with Gasteiger partial charge in [-0.1, -0.05) is 35.6 Å². The van der Waals surface area contributed by atoms with Crippen LogP contribution in [0.4, 0.5) is 15.6 Å². The number of hydrogen-bond acceptors (Lipinski definition) is 5. The molecule has 1 aromatic heterocycles. The molecule has 0 saturated carbocycles. The average molecular weight is 418 g/mol. The Labute approximate surface area is 176 Å². The number of benzene rings is 2. The van der Waals surface area contributed by atoms with Crippen molar-refractivity contribution in [3.05, 3.63) is 78.9 Å². The van der Waals surface area contributed by atoms with Gasteiger partial charge in [0.05, 0.1) is 21.3 Å². The van der Waals surface area contributed by atoms with E-state index < -0.39 is 0 Å². The van der Waals surface area contributed by atoms with Gasteiger partial charge in [-0.25, -0.2) is 14.7 Å². The summed E-state index contributed by atoms with van der Waals surface area (Å²) in [6.07, 6.45) is 3.29. The highest BCUT2D eigenvalue weighted by molar-refractivity contribution is 7.22. The minimum absolute atomic E-state index is 0.278. The first-order valence-corrected chi connectivity index (χ1v) is 10.0. The number of nitrogens with zero attached hydrogens (tertiary/aromatic N) is 3. The van der Waals surface area contributed by atoms with Crippen LogP contribution in [0.1, 0.15) is 20.7 Å². The minimum Gasteiger partial charge on any atom is -0.317 e. The van der Waals surface area contributed by atoms with E-state index in [-0.39, 0.29) is 17.8 Å². The Morgan fingerprint density at radius 2 is 1.70 bits per heavy atom. The molecule has 0 unspecified atom stereocenters. The predicted octanol–water partition coefficient (Wildman–Crippen LogP) is 4.30. The minimum atomic E-state index is -0.382. The Balaban J connectivity index is 1.60. The van der Waals surface area contributed by atoms with E-state index in [4.69, 9.17) is 0 Å². The van der Waals surface area contributed by atoms with E-state index in [2.05, 4.69) is 23.5 Å². The SMILES string of the molecule is C=CCN(CC=C)C(=O)Nc1ccc2nc(N3C(=O)c4ccccc4C3=O)sc2c1. The molecule has 2 heterocycles. The van der Waals surface area contributed by atoms with Crippen LogP contribution in [0.5, 0.6) is 0 Å². The van der Waals surface area contributed by atoms with Gasteiger partial charge in [-0.15, -0.1) is 13.2 Å². The van der Waals surface area contributed by atoms with Crippen molar-refractivity contribution in [1.82, 2.24) is 9.88 Å². The standard InChI is InChI=1S/C22H18N4O3S/c1-3-11-25(12-4-2)21(29)23-14-9-10-17-18(13-14)30-22(24-17)26-19(27)15-7-5-6-8-16(15)20(26)28/h3-10,13H,1-2,11-12H2,(H,23,29). The summed E-state index contributed by atoms with van der Waals surface area (Å²) in [5, 5.41) is 3.14. The van der Waals surface area contributed by atoms with Gasteiger partial charge in [0, 0.05) is 18.8 Å². The molecule has 1 aliphatic heterocycles. The smallest absolute Gasteiger partial charge is 0.317 e. The van der Waals surface area contributed by atoms with E-state index in [0.717, 1.165) is 9.60 Å². The summed E-state index contributed by atoms with van der Waals surface area (Å²) in [4.78, 5) is 44.9. The van der Waals surface area contributed by atoms with Crippen LogP contribution in [0, 0.1) is 0 Å². The molecule has 0 aliphatic carbocycles. The van der Waals surface area contributed by atoms with Gasteiger partial charge in [-0.3, -0.25) is 9.59 Å². The summed E-state index contributed by atoms with van der Waals surface area (Å²) < 4.78 is 0.748. The Morgan fingerprint density at radius 3 is 2.30 bits per heavy atom. The summed E-state index contributed by atoms with van der Waals surface area (Å²) in [7, 11) is 0. The molecular formula is C22H18N4O3S. The highest BCUT2D eigenvalue weighted by Gasteiger charge is 2.38. The van der Waals surface area contributed by atoms with Gasteiger partial charge in [0.25, 0.3) is 11.8 Å². The molecule has 1 N–H and O–H groups in total. The molecule has 0 atom stereocenters. The summed E-state index contributed by atoms with van der Waals surface area (Å²) in [5.74, 6) is -0.764. The second-order valence-corrected chi connectivity index (χ2v) is 7.59. The van der Waals surface area contributed by atoms with Crippen molar-refractivity contribution < 1.29 is 14.4 Å². The first-order chi connectivity index (χ1) is 14.5. The van der Waals surface area contributed by atoms with E-state index in [1.54, 1.807) is 59.5 Å². The molecule has 2 aromatic carbocycles. The molecule has 0 fully saturated rings. The maximum atomic E-state index is 12.7. The monoisotopic (exact) mass is 418 g/mol. The van der Waals surface area contributed by atoms with Crippen molar-refractivity contribution in [3.63, 3.8) is 0 Å². The molecule has 0 bridgehead atoms. The molecule has 3 aromatic rings. The molecule has 0 saturated heterocycles. The number of fused-ring (bicyclic) bond motifs is 2. The van der Waals surface area contributed by atoms with Crippen LogP contribution in [-0.4, -0.2) is 40.8 Å². The maximum absolute atomic E-state index is 12.7. The average Bonchev–Trinajstić information content (AvgIpc) is 3.26. The largest absolute Gasteiger partial charge is 0.322 e. The number of nitrogens with one attached hydrogen (secondary N) is 1. The van der Waals surface area contributed by atoms with Crippen LogP contribution in [-0.2, 0) is 0 Å². The fraction of sp³-hybridized carbons (Fsp3) is 0.0909. The number of anilines is 2. The first kappa shape index (κ1) is 19.5. The maximum Gasteiger partial charge on any atom is 0.322 e. The highest BCUT2D eigenvalue weighted by atomic mass is 32.1. The van der Waals surface area contributed by atoms with Crippen LogP contribution in [0.25, 0.3) is 10.2 Å². The van der Waals surface area contributed by atoms with Crippen LogP contribution in [0.2, 0.25) is 0 Å². The third-order valence-corrected chi connectivity index (χ3v) is 5.60. The Hall–Kier alpha value is -3.78. The van der Waals surface area contributed by atoms with Crippen molar-refractivity contribution in [3.8, 4) is 0 Å². The number of thiazole rings is 1. The molecule has 150 valence electrons. The molecule has 0 radical (unpaired) electrons. The third-order valence-electron chi connectivity index (χ3n) is 4.60. The number of rotatable bonds is 6. The van der Waals surface area contributed by atoms with Crippen molar-refractivity contribution in [2.45, 2.75) is 0 Å². The van der Waals surface area contributed by atoms with E-state index in [9.17, 15) is 14.4 Å². The second kappa shape index (κ2) is 7.92. The summed E-state index contributed by atoms with van der Waals surface area (Å²) in [5.41, 5.74) is 1.97. The number of carbonyl (C=O) groups is 3. The zero-order valence-corrected chi connectivity index (χ0v) is 16.8. The predicted molar refractivity (Wildman–Crippen MR) is 118 cm³/mol. The number of amides is 4. The van der Waals surface area contributed by atoms with Gasteiger partial charge < -0.3 is 10.2 Å². The van der Waals surface area contributed by atoms with Crippen molar-refractivity contribution >= 4 is 50.2 Å². The number of imide groups is 1. The number of carbonyl (C=O) groups excluding carboxylic acids is 3. The summed E-state index contributed by atoms with van der Waals surface area (Å²) >= 11 is 1.22. The lowest BCUT2D eigenvalue weighted by molar-refractivity contribution is 0.0926. The highest BCUT2D eigenvalue weighted by Crippen LogP contribution is 2.35. The van der Waals surface area contributed by atoms with Crippen molar-refractivity contribution in [1.29, 1.82) is 0 Å². The summed E-state index contributed by atoms with van der Waals surface area (Å²) in [6.45, 7) is 8.10. The molecule has 0 spiro atoms. The molecular weight excluding hydrogens is 400 g/mol. The van der Waals surface area contributed by atoms with Gasteiger partial charge in [-0.2, -0.15) is 0 Å².